The number of pyridine rings is 1. The number of halogens is 1. The van der Waals surface area contributed by atoms with Gasteiger partial charge in [-0.1, -0.05) is 6.07 Å². The number of carbonyl (C=O) groups excluding carboxylic acids is 6. The van der Waals surface area contributed by atoms with E-state index in [2.05, 4.69) is 162 Å². The molecular formula is C97H111FN36O12. The van der Waals surface area contributed by atoms with E-state index in [0.717, 1.165) is 81.9 Å². The van der Waals surface area contributed by atoms with Crippen LogP contribution in [0.25, 0.3) is 39.1 Å². The summed E-state index contributed by atoms with van der Waals surface area (Å²) in [5.41, 5.74) is 13.1. The van der Waals surface area contributed by atoms with Crippen LogP contribution in [0.1, 0.15) is 146 Å². The number of aryl methyl sites for hydroxylation is 3. The maximum atomic E-state index is 14.4. The molecule has 0 unspecified atom stereocenters. The zero-order chi connectivity index (χ0) is 102. The molecule has 0 radical (unpaired) electrons. The van der Waals surface area contributed by atoms with Gasteiger partial charge in [0.1, 0.15) is 93.0 Å². The van der Waals surface area contributed by atoms with Gasteiger partial charge in [0.05, 0.1) is 125 Å². The summed E-state index contributed by atoms with van der Waals surface area (Å²) in [5, 5.41) is 74.0. The molecule has 6 aliphatic heterocycles. The fourth-order valence-electron chi connectivity index (χ4n) is 17.2. The number of nitrogens with one attached hydrogen (secondary N) is 15. The van der Waals surface area contributed by atoms with Gasteiger partial charge in [-0.15, -0.1) is 10.2 Å². The highest BCUT2D eigenvalue weighted by Crippen LogP contribution is 2.37. The lowest BCUT2D eigenvalue weighted by atomic mass is 10.0. The van der Waals surface area contributed by atoms with Crippen molar-refractivity contribution in [1.29, 1.82) is 0 Å². The molecule has 1 fully saturated rings. The second-order valence-corrected chi connectivity index (χ2v) is 35.5. The number of fused-ring (bicyclic) bond motifs is 17. The molecule has 49 heteroatoms. The number of amides is 6. The summed E-state index contributed by atoms with van der Waals surface area (Å²) in [6, 6.07) is 26.9. The number of hydrogen-bond acceptors (Lipinski definition) is 36. The molecule has 22 rings (SSSR count). The second kappa shape index (κ2) is 43.2. The maximum Gasteiger partial charge on any atom is 0.271 e. The summed E-state index contributed by atoms with van der Waals surface area (Å²) < 4.78 is 57.8. The normalized spacial score (nSPS) is 17.5. The molecule has 13 aromatic heterocycles. The van der Waals surface area contributed by atoms with Crippen molar-refractivity contribution in [2.45, 2.75) is 130 Å². The number of hydrogen-bond donors (Lipinski definition) is 15. The Morgan fingerprint density at radius 1 is 0.418 bits per heavy atom. The molecule has 146 heavy (non-hydrogen) atoms. The van der Waals surface area contributed by atoms with Crippen LogP contribution in [0.3, 0.4) is 0 Å². The highest BCUT2D eigenvalue weighted by molar-refractivity contribution is 6.03. The molecule has 6 aliphatic rings. The van der Waals surface area contributed by atoms with E-state index in [1.165, 1.54) is 48.0 Å². The summed E-state index contributed by atoms with van der Waals surface area (Å²) in [5.74, 6) is 6.33. The predicted octanol–water partition coefficient (Wildman–Crippen LogP) is 10.3. The summed E-state index contributed by atoms with van der Waals surface area (Å²) >= 11 is 0. The van der Waals surface area contributed by atoms with E-state index in [4.69, 9.17) is 28.4 Å². The standard InChI is InChI=1S/C21H24N8O3.C20H22N8O2.C20H24N6O2.C19H21FN6O3.C17H20N8O2/c1-12-10-32-11-13-6-15(26-18(7-13)28-5-3-4-19(28)30)25-16-8-17(22-2)29-20(27-16)14(9-23-29)21(31)24-12;1-11-9-30-10-12-4-15(14-8-27(3)26-16(14)5-12)24-17-6-18(21-2)28-19(25-17)13(7-22-28)20(29)23-11;1-12-5-4-6-13-7-8-17(28-3)14(9-13)24-18-10-15(21-2)19-22-11-16(20(27)23-12)26(19)25-18;1-10-8-29-9-11-4-14(15(28-3)5-13(11)20)24-16-6-17(21-2)26-18(25-16)12(7-22-26)19(27)23-10;1-9-4-13-22-14-5-11(18-3)16-19-6-12(25(16)24-14)17(26)21-10(2)7-27-8-15(20-9)23-13/h6-9,12,22H,3-5,10-11H2,1-2H3,(H,24,31)(H,25,26,27);4-8,11,21H,9-10H2,1-3H3,(H,23,29)(H,24,25);7-12,21H,4-6H2,1-3H3,(H,23,27)(H,24,25);4-7,10,21H,8-9H2,1-3H3,(H,23,27)(H,24,25);4-6,10,18H,7-8H2,1-3H3,(H,21,26)(H,20,22,23,24)/t12-;11-;12-;2*10-/m11111/s1. The molecule has 0 spiro atoms. The first-order valence-electron chi connectivity index (χ1n) is 47.3. The average molecular weight is 1990 g/mol. The fourth-order valence-corrected chi connectivity index (χ4v) is 17.2. The van der Waals surface area contributed by atoms with Gasteiger partial charge in [-0.2, -0.15) is 33.9 Å². The van der Waals surface area contributed by atoms with Crippen LogP contribution in [0.4, 0.5) is 96.8 Å². The Kier molecular flexibility index (Phi) is 29.3. The van der Waals surface area contributed by atoms with E-state index in [0.29, 0.717) is 189 Å². The Balaban J connectivity index is 0.000000120. The van der Waals surface area contributed by atoms with Gasteiger partial charge in [-0.25, -0.2) is 53.3 Å². The first-order chi connectivity index (χ1) is 70.6. The Bertz CT molecular complexity index is 7670. The highest BCUT2D eigenvalue weighted by Gasteiger charge is 2.30. The van der Waals surface area contributed by atoms with Crippen LogP contribution >= 0.6 is 0 Å². The first kappa shape index (κ1) is 98.8. The Labute approximate surface area is 834 Å². The molecular weight excluding hydrogens is 1880 g/mol. The zero-order valence-corrected chi connectivity index (χ0v) is 82.6. The third kappa shape index (κ3) is 21.8. The number of nitrogens with zero attached hydrogens (tertiary/aromatic N) is 21. The molecule has 48 nitrogen and oxygen atoms in total. The minimum Gasteiger partial charge on any atom is -0.495 e. The number of benzene rings is 3. The lowest BCUT2D eigenvalue weighted by Crippen LogP contribution is -2.36. The smallest absolute Gasteiger partial charge is 0.271 e. The Hall–Kier alpha value is -17.3. The van der Waals surface area contributed by atoms with Crippen LogP contribution in [-0.4, -0.2) is 246 Å². The largest absolute Gasteiger partial charge is 0.495 e. The van der Waals surface area contributed by atoms with Crippen molar-refractivity contribution in [3.05, 3.63) is 196 Å². The van der Waals surface area contributed by atoms with Crippen molar-refractivity contribution in [2.24, 2.45) is 7.05 Å². The van der Waals surface area contributed by atoms with Crippen molar-refractivity contribution in [3.63, 3.8) is 0 Å². The summed E-state index contributed by atoms with van der Waals surface area (Å²) in [7, 11) is 13.9. The lowest BCUT2D eigenvalue weighted by Gasteiger charge is -2.19. The van der Waals surface area contributed by atoms with Crippen LogP contribution in [0.5, 0.6) is 11.5 Å². The molecule has 15 N–H and O–H groups in total. The Morgan fingerprint density at radius 3 is 1.42 bits per heavy atom. The number of ether oxygens (including phenoxy) is 6. The fraction of sp³-hybridized carbons (Fsp3) is 0.340. The van der Waals surface area contributed by atoms with Gasteiger partial charge < -0.3 is 108 Å². The SMILES string of the molecule is CNc1cc2nc3c(cnn13)C(=O)N[C@H](C)COCc1cc(c(OC)cc1F)N2.CNc1cc2nc3c(cnn13)C(=O)N[C@H](C)COCc1cc(c3cn(C)nc3c1)N2.CNc1cc2nc3c(cnn13)C(=O)N[C@H](C)COCc1cc(nc(N3CCCC3=O)c1)N2.CNc1cc2nn3c(cnc13)C(=O)N[C@H](C)CCCc1ccc(OC)c(c1)N2.CNc1cc2nn3c(cnc13)C(=O)N[C@H](C)COCc1nc(C)cc(n1)N2. The number of aromatic nitrogens is 20. The van der Waals surface area contributed by atoms with E-state index in [1.807, 2.05) is 116 Å². The summed E-state index contributed by atoms with van der Waals surface area (Å²) in [6.45, 7) is 14.3. The van der Waals surface area contributed by atoms with E-state index < -0.39 is 5.82 Å². The quantitative estimate of drug-likeness (QED) is 0.0672. The summed E-state index contributed by atoms with van der Waals surface area (Å²) in [6.07, 6.45) is 13.6. The highest BCUT2D eigenvalue weighted by atomic mass is 19.1. The van der Waals surface area contributed by atoms with Crippen molar-refractivity contribution < 1.29 is 61.6 Å². The van der Waals surface area contributed by atoms with Crippen LogP contribution in [0.15, 0.2) is 128 Å². The molecule has 758 valence electrons. The van der Waals surface area contributed by atoms with Crippen LogP contribution in [-0.2, 0) is 63.6 Å². The molecule has 0 saturated carbocycles. The third-order valence-corrected chi connectivity index (χ3v) is 24.2. The van der Waals surface area contributed by atoms with Gasteiger partial charge in [-0.05, 0) is 126 Å². The molecule has 0 aliphatic carbocycles. The number of methoxy groups -OCH3 is 2. The molecule has 5 atom stereocenters. The molecule has 19 heterocycles. The molecule has 20 bridgehead atoms. The minimum atomic E-state index is -0.436. The van der Waals surface area contributed by atoms with Crippen molar-refractivity contribution in [1.82, 2.24) is 124 Å². The average Bonchev–Trinajstić information content (AvgIpc) is 1.63. The van der Waals surface area contributed by atoms with Gasteiger partial charge in [0.2, 0.25) is 5.91 Å². The number of carbonyl (C=O) groups is 6. The van der Waals surface area contributed by atoms with E-state index in [9.17, 15) is 33.2 Å². The van der Waals surface area contributed by atoms with Gasteiger partial charge in [-0.3, -0.25) is 38.3 Å². The molecule has 16 aromatic rings. The second-order valence-electron chi connectivity index (χ2n) is 35.5. The zero-order valence-electron chi connectivity index (χ0n) is 82.6. The number of rotatable bonds is 8. The first-order valence-corrected chi connectivity index (χ1v) is 47.3. The van der Waals surface area contributed by atoms with Crippen LogP contribution in [0, 0.1) is 12.7 Å². The monoisotopic (exact) mass is 1990 g/mol. The minimum absolute atomic E-state index is 0.0536. The lowest BCUT2D eigenvalue weighted by molar-refractivity contribution is -0.117. The molecule has 6 amide bonds. The van der Waals surface area contributed by atoms with Crippen LogP contribution in [0.2, 0.25) is 0 Å². The van der Waals surface area contributed by atoms with E-state index in [-0.39, 0.29) is 85.5 Å². The topological polar surface area (TPSA) is 549 Å². The van der Waals surface area contributed by atoms with Crippen LogP contribution < -0.4 is 94.1 Å². The van der Waals surface area contributed by atoms with Gasteiger partial charge in [0, 0.05) is 151 Å². The third-order valence-electron chi connectivity index (χ3n) is 24.2. The van der Waals surface area contributed by atoms with Crippen molar-refractivity contribution in [3.8, 4) is 11.5 Å². The molecule has 1 saturated heterocycles. The summed E-state index contributed by atoms with van der Waals surface area (Å²) in [4.78, 5) is 114. The van der Waals surface area contributed by atoms with Gasteiger partial charge in [0.25, 0.3) is 29.5 Å². The molecule has 3 aromatic carbocycles. The van der Waals surface area contributed by atoms with Gasteiger partial charge in [0.15, 0.2) is 57.1 Å². The number of imidazole rings is 2. The number of anilines is 16. The van der Waals surface area contributed by atoms with Crippen molar-refractivity contribution in [2.75, 3.05) is 140 Å². The predicted molar refractivity (Wildman–Crippen MR) is 545 cm³/mol. The maximum absolute atomic E-state index is 14.4. The Morgan fingerprint density at radius 2 is 0.890 bits per heavy atom. The van der Waals surface area contributed by atoms with Gasteiger partial charge >= 0.3 is 0 Å². The van der Waals surface area contributed by atoms with E-state index >= 15 is 0 Å². The van der Waals surface area contributed by atoms with E-state index in [1.54, 1.807) is 87.3 Å². The van der Waals surface area contributed by atoms with Crippen molar-refractivity contribution >= 4 is 167 Å².